The van der Waals surface area contributed by atoms with Crippen LogP contribution >= 0.6 is 15.9 Å². The van der Waals surface area contributed by atoms with E-state index >= 15 is 0 Å². The Labute approximate surface area is 87.7 Å². The first-order chi connectivity index (χ1) is 6.27. The second-order valence-electron chi connectivity index (χ2n) is 3.79. The molecule has 1 saturated heterocycles. The number of benzene rings is 1. The van der Waals surface area contributed by atoms with E-state index in [-0.39, 0.29) is 0 Å². The third-order valence-corrected chi connectivity index (χ3v) is 3.34. The molecule has 0 unspecified atom stereocenters. The quantitative estimate of drug-likeness (QED) is 0.795. The van der Waals surface area contributed by atoms with Crippen molar-refractivity contribution in [2.75, 3.05) is 13.1 Å². The Kier molecular flexibility index (Phi) is 2.70. The minimum absolute atomic E-state index is 0.702. The third-order valence-electron chi connectivity index (χ3n) is 2.82. The zero-order valence-electron chi connectivity index (χ0n) is 7.76. The molecule has 1 fully saturated rings. The molecule has 1 aromatic rings. The van der Waals surface area contributed by atoms with E-state index in [1.165, 1.54) is 5.56 Å². The van der Waals surface area contributed by atoms with Crippen molar-refractivity contribution in [3.8, 4) is 0 Å². The molecule has 1 aliphatic rings. The first kappa shape index (κ1) is 9.22. The van der Waals surface area contributed by atoms with Gasteiger partial charge in [0.1, 0.15) is 0 Å². The van der Waals surface area contributed by atoms with Crippen LogP contribution in [0.15, 0.2) is 28.7 Å². The molecule has 1 heterocycles. The van der Waals surface area contributed by atoms with Crippen molar-refractivity contribution in [3.05, 3.63) is 34.3 Å². The van der Waals surface area contributed by atoms with E-state index in [1.54, 1.807) is 0 Å². The fraction of sp³-hybridized carbons (Fsp3) is 0.455. The molecule has 2 rings (SSSR count). The molecule has 0 bridgehead atoms. The van der Waals surface area contributed by atoms with E-state index in [1.807, 2.05) is 0 Å². The van der Waals surface area contributed by atoms with Crippen LogP contribution in [0.4, 0.5) is 0 Å². The SMILES string of the molecule is C[C@@H]1CNC[C@@H]1c1ccc(Br)cc1. The lowest BCUT2D eigenvalue weighted by atomic mass is 9.90. The summed E-state index contributed by atoms with van der Waals surface area (Å²) >= 11 is 3.45. The van der Waals surface area contributed by atoms with Crippen LogP contribution in [-0.4, -0.2) is 13.1 Å². The predicted octanol–water partition coefficient (Wildman–Crippen LogP) is 2.77. The Balaban J connectivity index is 2.20. The molecule has 1 aromatic carbocycles. The summed E-state index contributed by atoms with van der Waals surface area (Å²) in [5, 5.41) is 3.42. The Morgan fingerprint density at radius 2 is 1.92 bits per heavy atom. The van der Waals surface area contributed by atoms with Gasteiger partial charge in [-0.05, 0) is 30.2 Å². The summed E-state index contributed by atoms with van der Waals surface area (Å²) in [4.78, 5) is 0. The highest BCUT2D eigenvalue weighted by Crippen LogP contribution is 2.28. The third kappa shape index (κ3) is 1.94. The monoisotopic (exact) mass is 239 g/mol. The molecule has 0 amide bonds. The van der Waals surface area contributed by atoms with E-state index in [0.29, 0.717) is 5.92 Å². The second kappa shape index (κ2) is 3.81. The Bertz CT molecular complexity index is 281. The van der Waals surface area contributed by atoms with Gasteiger partial charge in [0.15, 0.2) is 0 Å². The van der Waals surface area contributed by atoms with Gasteiger partial charge in [-0.1, -0.05) is 35.0 Å². The first-order valence-corrected chi connectivity index (χ1v) is 5.53. The van der Waals surface area contributed by atoms with E-state index in [4.69, 9.17) is 0 Å². The van der Waals surface area contributed by atoms with Crippen LogP contribution in [0.3, 0.4) is 0 Å². The highest BCUT2D eigenvalue weighted by molar-refractivity contribution is 9.10. The van der Waals surface area contributed by atoms with Crippen LogP contribution in [0.25, 0.3) is 0 Å². The Morgan fingerprint density at radius 1 is 1.23 bits per heavy atom. The van der Waals surface area contributed by atoms with Gasteiger partial charge in [0.05, 0.1) is 0 Å². The second-order valence-corrected chi connectivity index (χ2v) is 4.71. The predicted molar refractivity (Wildman–Crippen MR) is 58.9 cm³/mol. The first-order valence-electron chi connectivity index (χ1n) is 4.73. The minimum Gasteiger partial charge on any atom is -0.316 e. The number of halogens is 1. The summed E-state index contributed by atoms with van der Waals surface area (Å²) in [6.07, 6.45) is 0. The Hall–Kier alpha value is -0.340. The van der Waals surface area contributed by atoms with Gasteiger partial charge in [-0.25, -0.2) is 0 Å². The van der Waals surface area contributed by atoms with Crippen LogP contribution in [0.2, 0.25) is 0 Å². The zero-order chi connectivity index (χ0) is 9.26. The minimum atomic E-state index is 0.702. The van der Waals surface area contributed by atoms with Gasteiger partial charge >= 0.3 is 0 Å². The van der Waals surface area contributed by atoms with Crippen LogP contribution in [0.5, 0.6) is 0 Å². The van der Waals surface area contributed by atoms with Gasteiger partial charge in [-0.2, -0.15) is 0 Å². The normalized spacial score (nSPS) is 27.8. The maximum absolute atomic E-state index is 3.45. The molecule has 1 N–H and O–H groups in total. The summed E-state index contributed by atoms with van der Waals surface area (Å²) < 4.78 is 1.16. The molecule has 2 atom stereocenters. The van der Waals surface area contributed by atoms with Crippen LogP contribution in [0, 0.1) is 5.92 Å². The molecule has 13 heavy (non-hydrogen) atoms. The van der Waals surface area contributed by atoms with Gasteiger partial charge in [-0.15, -0.1) is 0 Å². The molecule has 1 aliphatic heterocycles. The number of rotatable bonds is 1. The molecular formula is C11H14BrN. The van der Waals surface area contributed by atoms with Crippen LogP contribution < -0.4 is 5.32 Å². The molecule has 0 radical (unpaired) electrons. The molecule has 2 heteroatoms. The smallest absolute Gasteiger partial charge is 0.0175 e. The summed E-state index contributed by atoms with van der Waals surface area (Å²) in [5.74, 6) is 1.47. The lowest BCUT2D eigenvalue weighted by molar-refractivity contribution is 0.572. The van der Waals surface area contributed by atoms with Gasteiger partial charge < -0.3 is 5.32 Å². The topological polar surface area (TPSA) is 12.0 Å². The van der Waals surface area contributed by atoms with Crippen molar-refractivity contribution in [1.82, 2.24) is 5.32 Å². The summed E-state index contributed by atoms with van der Waals surface area (Å²) in [5.41, 5.74) is 1.46. The van der Waals surface area contributed by atoms with E-state index < -0.39 is 0 Å². The average Bonchev–Trinajstić information content (AvgIpc) is 2.53. The van der Waals surface area contributed by atoms with Gasteiger partial charge in [0.25, 0.3) is 0 Å². The molecule has 70 valence electrons. The largest absolute Gasteiger partial charge is 0.316 e. The van der Waals surface area contributed by atoms with Gasteiger partial charge in [0, 0.05) is 16.9 Å². The molecule has 0 saturated carbocycles. The molecule has 0 aliphatic carbocycles. The number of hydrogen-bond donors (Lipinski definition) is 1. The van der Waals surface area contributed by atoms with Crippen LogP contribution in [0.1, 0.15) is 18.4 Å². The maximum Gasteiger partial charge on any atom is 0.0175 e. The van der Waals surface area contributed by atoms with Crippen molar-refractivity contribution in [2.24, 2.45) is 5.92 Å². The summed E-state index contributed by atoms with van der Waals surface area (Å²) in [6, 6.07) is 8.69. The van der Waals surface area contributed by atoms with E-state index in [0.717, 1.165) is 23.5 Å². The summed E-state index contributed by atoms with van der Waals surface area (Å²) in [7, 11) is 0. The summed E-state index contributed by atoms with van der Waals surface area (Å²) in [6.45, 7) is 4.59. The van der Waals surface area contributed by atoms with Crippen molar-refractivity contribution in [2.45, 2.75) is 12.8 Å². The fourth-order valence-electron chi connectivity index (χ4n) is 1.97. The lowest BCUT2D eigenvalue weighted by Crippen LogP contribution is -2.07. The number of nitrogens with one attached hydrogen (secondary N) is 1. The number of hydrogen-bond acceptors (Lipinski definition) is 1. The fourth-order valence-corrected chi connectivity index (χ4v) is 2.23. The highest BCUT2D eigenvalue weighted by Gasteiger charge is 2.23. The van der Waals surface area contributed by atoms with Gasteiger partial charge in [0.2, 0.25) is 0 Å². The van der Waals surface area contributed by atoms with E-state index in [9.17, 15) is 0 Å². The van der Waals surface area contributed by atoms with Crippen LogP contribution in [-0.2, 0) is 0 Å². The standard InChI is InChI=1S/C11H14BrN/c1-8-6-13-7-11(8)9-2-4-10(12)5-3-9/h2-5,8,11,13H,6-7H2,1H3/t8-,11+/m1/s1. The van der Waals surface area contributed by atoms with Crippen molar-refractivity contribution >= 4 is 15.9 Å². The van der Waals surface area contributed by atoms with Crippen molar-refractivity contribution < 1.29 is 0 Å². The highest BCUT2D eigenvalue weighted by atomic mass is 79.9. The molecule has 0 spiro atoms. The maximum atomic E-state index is 3.45. The van der Waals surface area contributed by atoms with Crippen molar-refractivity contribution in [3.63, 3.8) is 0 Å². The molecule has 0 aromatic heterocycles. The zero-order valence-corrected chi connectivity index (χ0v) is 9.34. The van der Waals surface area contributed by atoms with Gasteiger partial charge in [-0.3, -0.25) is 0 Å². The molecular weight excluding hydrogens is 226 g/mol. The molecule has 1 nitrogen and oxygen atoms in total. The lowest BCUT2D eigenvalue weighted by Gasteiger charge is -2.14. The average molecular weight is 240 g/mol. The van der Waals surface area contributed by atoms with E-state index in [2.05, 4.69) is 52.4 Å². The van der Waals surface area contributed by atoms with Crippen molar-refractivity contribution in [1.29, 1.82) is 0 Å². The Morgan fingerprint density at radius 3 is 2.46 bits per heavy atom.